The van der Waals surface area contributed by atoms with Gasteiger partial charge in [-0.25, -0.2) is 0 Å². The number of likely N-dealkylation sites (N-methyl/N-ethyl adjacent to an activating group) is 1. The van der Waals surface area contributed by atoms with Gasteiger partial charge in [-0.2, -0.15) is 0 Å². The molecular formula is C28H31N3O9. The number of furan rings is 1. The third-order valence-corrected chi connectivity index (χ3v) is 7.78. The molecule has 0 radical (unpaired) electrons. The minimum absolute atomic E-state index is 0. The number of oxime groups is 1. The molecule has 3 aliphatic rings. The van der Waals surface area contributed by atoms with E-state index >= 15 is 0 Å². The first-order valence-corrected chi connectivity index (χ1v) is 12.1. The lowest BCUT2D eigenvalue weighted by atomic mass is 9.57. The van der Waals surface area contributed by atoms with Crippen molar-refractivity contribution in [1.82, 2.24) is 4.90 Å². The largest absolute Gasteiger partial charge is 0.508 e. The summed E-state index contributed by atoms with van der Waals surface area (Å²) in [6.45, 7) is 0. The van der Waals surface area contributed by atoms with Gasteiger partial charge in [0, 0.05) is 17.1 Å². The van der Waals surface area contributed by atoms with Gasteiger partial charge in [0.25, 0.3) is 5.91 Å². The molecule has 212 valence electrons. The Bertz CT molecular complexity index is 1520. The molecule has 0 saturated heterocycles. The fourth-order valence-corrected chi connectivity index (χ4v) is 6.15. The van der Waals surface area contributed by atoms with Crippen molar-refractivity contribution in [3.8, 4) is 17.1 Å². The molecule has 12 heteroatoms. The number of rotatable bonds is 5. The van der Waals surface area contributed by atoms with Crippen molar-refractivity contribution in [3.63, 3.8) is 0 Å². The predicted octanol–water partition coefficient (Wildman–Crippen LogP) is 1.84. The maximum atomic E-state index is 13.9. The van der Waals surface area contributed by atoms with Gasteiger partial charge >= 0.3 is 0 Å². The van der Waals surface area contributed by atoms with Crippen molar-refractivity contribution in [2.45, 2.75) is 31.9 Å². The van der Waals surface area contributed by atoms with Crippen LogP contribution < -0.4 is 5.73 Å². The number of amides is 1. The lowest BCUT2D eigenvalue weighted by Crippen LogP contribution is -2.65. The molecule has 1 heterocycles. The number of carbonyl (C=O) groups excluding carboxylic acids is 3. The highest BCUT2D eigenvalue weighted by Crippen LogP contribution is 2.53. The van der Waals surface area contributed by atoms with Crippen LogP contribution in [-0.4, -0.2) is 81.9 Å². The van der Waals surface area contributed by atoms with Crippen LogP contribution in [0.1, 0.15) is 30.7 Å². The molecule has 5 rings (SSSR count). The molecular weight excluding hydrogens is 522 g/mol. The second-order valence-corrected chi connectivity index (χ2v) is 10.1. The average Bonchev–Trinajstić information content (AvgIpc) is 3.33. The average molecular weight is 554 g/mol. The summed E-state index contributed by atoms with van der Waals surface area (Å²) >= 11 is 0. The molecule has 1 fully saturated rings. The molecule has 0 spiro atoms. The predicted molar refractivity (Wildman–Crippen MR) is 143 cm³/mol. The SMILES string of the molecule is C.CO/N=C/c1ccc(-c2ccc(O)c3c2C[C@H]2C[C@H]4C(N(C)C)C(=O)C(C(N)=O)=C(O)[C@@]4(O)C(=O)C2=C3O)o1. The van der Waals surface area contributed by atoms with Crippen molar-refractivity contribution < 1.29 is 44.1 Å². The fourth-order valence-electron chi connectivity index (χ4n) is 6.15. The number of phenolic OH excluding ortho intramolecular Hbond substituents is 1. The van der Waals surface area contributed by atoms with Crippen molar-refractivity contribution in [3.05, 3.63) is 58.1 Å². The van der Waals surface area contributed by atoms with Crippen LogP contribution in [0.2, 0.25) is 0 Å². The second kappa shape index (κ2) is 9.96. The minimum atomic E-state index is -2.69. The topological polar surface area (TPSA) is 196 Å². The van der Waals surface area contributed by atoms with E-state index in [9.17, 15) is 34.8 Å². The Morgan fingerprint density at radius 2 is 1.90 bits per heavy atom. The number of phenols is 1. The summed E-state index contributed by atoms with van der Waals surface area (Å²) < 4.78 is 5.83. The summed E-state index contributed by atoms with van der Waals surface area (Å²) in [5.74, 6) is -6.22. The molecule has 3 aliphatic carbocycles. The zero-order chi connectivity index (χ0) is 28.4. The Balaban J connectivity index is 0.00000370. The van der Waals surface area contributed by atoms with Crippen LogP contribution in [0.25, 0.3) is 17.1 Å². The summed E-state index contributed by atoms with van der Waals surface area (Å²) in [5.41, 5.74) is 2.59. The number of hydrogen-bond donors (Lipinski definition) is 5. The smallest absolute Gasteiger partial charge is 0.255 e. The molecule has 40 heavy (non-hydrogen) atoms. The monoisotopic (exact) mass is 553 g/mol. The van der Waals surface area contributed by atoms with E-state index in [0.29, 0.717) is 22.6 Å². The summed E-state index contributed by atoms with van der Waals surface area (Å²) in [6.07, 6.45) is 1.50. The number of nitrogens with zero attached hydrogens (tertiary/aromatic N) is 2. The molecule has 12 nitrogen and oxygen atoms in total. The molecule has 1 amide bonds. The van der Waals surface area contributed by atoms with Gasteiger partial charge in [-0.05, 0) is 62.7 Å². The first-order valence-electron chi connectivity index (χ1n) is 12.1. The number of hydrogen-bond acceptors (Lipinski definition) is 11. The first kappa shape index (κ1) is 28.6. The third kappa shape index (κ3) is 3.90. The summed E-state index contributed by atoms with van der Waals surface area (Å²) in [7, 11) is 4.48. The molecule has 0 bridgehead atoms. The highest BCUT2D eigenvalue weighted by Gasteiger charge is 2.64. The van der Waals surface area contributed by atoms with Crippen LogP contribution in [0, 0.1) is 11.8 Å². The fraction of sp³-hybridized carbons (Fsp3) is 0.357. The number of fused-ring (bicyclic) bond motifs is 3. The Labute approximate surface area is 229 Å². The Morgan fingerprint density at radius 1 is 1.20 bits per heavy atom. The highest BCUT2D eigenvalue weighted by molar-refractivity contribution is 6.24. The van der Waals surface area contributed by atoms with Gasteiger partial charge in [-0.15, -0.1) is 0 Å². The van der Waals surface area contributed by atoms with E-state index in [2.05, 4.69) is 9.99 Å². The quantitative estimate of drug-likeness (QED) is 0.207. The lowest BCUT2D eigenvalue weighted by molar-refractivity contribution is -0.153. The number of primary amides is 1. The third-order valence-electron chi connectivity index (χ3n) is 7.78. The van der Waals surface area contributed by atoms with Gasteiger partial charge in [0.05, 0.1) is 11.6 Å². The highest BCUT2D eigenvalue weighted by atomic mass is 16.6. The van der Waals surface area contributed by atoms with E-state index in [4.69, 9.17) is 10.2 Å². The normalized spacial score (nSPS) is 26.0. The second-order valence-electron chi connectivity index (χ2n) is 10.1. The van der Waals surface area contributed by atoms with Crippen LogP contribution in [0.5, 0.6) is 5.75 Å². The minimum Gasteiger partial charge on any atom is -0.508 e. The standard InChI is InChI=1S/C27H27N3O9.CH4/c1-30(2)21-15-9-11-8-14-13(17-7-4-12(39-17)10-29-38-3)5-6-16(31)19(14)22(32)18(11)24(34)27(15,37)25(35)20(23(21)33)26(28)36;/h4-7,10-11,15,21,31-32,35,37H,8-9H2,1-3H3,(H2,28,36);1H4/b29-10+;/t11-,15-,21?,27-;/m0./s1. The zero-order valence-electron chi connectivity index (χ0n) is 21.3. The zero-order valence-corrected chi connectivity index (χ0v) is 21.3. The Kier molecular flexibility index (Phi) is 7.12. The van der Waals surface area contributed by atoms with Gasteiger partial charge in [0.15, 0.2) is 11.4 Å². The number of aliphatic hydroxyl groups is 3. The van der Waals surface area contributed by atoms with E-state index in [1.165, 1.54) is 24.3 Å². The summed E-state index contributed by atoms with van der Waals surface area (Å²) in [4.78, 5) is 45.3. The van der Waals surface area contributed by atoms with E-state index < -0.39 is 58.0 Å². The van der Waals surface area contributed by atoms with Crippen LogP contribution in [0.15, 0.2) is 50.7 Å². The van der Waals surface area contributed by atoms with E-state index in [-0.39, 0.29) is 37.2 Å². The number of ketones is 2. The number of nitrogens with two attached hydrogens (primary N) is 1. The van der Waals surface area contributed by atoms with Gasteiger partial charge in [-0.3, -0.25) is 19.3 Å². The van der Waals surface area contributed by atoms with Crippen LogP contribution in [0.3, 0.4) is 0 Å². The molecule has 1 aromatic heterocycles. The number of aliphatic hydroxyl groups excluding tert-OH is 2. The lowest BCUT2D eigenvalue weighted by Gasteiger charge is -2.50. The molecule has 1 saturated carbocycles. The van der Waals surface area contributed by atoms with E-state index in [1.807, 2.05) is 0 Å². The van der Waals surface area contributed by atoms with Crippen LogP contribution in [0.4, 0.5) is 0 Å². The van der Waals surface area contributed by atoms with E-state index in [0.717, 1.165) is 0 Å². The number of carbonyl (C=O) groups is 3. The number of benzene rings is 1. The van der Waals surface area contributed by atoms with Crippen molar-refractivity contribution in [2.75, 3.05) is 21.2 Å². The Morgan fingerprint density at radius 3 is 2.52 bits per heavy atom. The molecule has 1 aromatic carbocycles. The number of Topliss-reactive ketones (excluding diaryl/α,β-unsaturated/α-hetero) is 2. The number of aromatic hydroxyl groups is 1. The molecule has 2 aromatic rings. The van der Waals surface area contributed by atoms with E-state index in [1.54, 1.807) is 32.3 Å². The van der Waals surface area contributed by atoms with Crippen LogP contribution in [-0.2, 0) is 25.6 Å². The molecule has 4 atom stereocenters. The molecule has 0 aliphatic heterocycles. The molecule has 1 unspecified atom stereocenters. The van der Waals surface area contributed by atoms with Gasteiger partial charge in [0.2, 0.25) is 5.78 Å². The summed E-state index contributed by atoms with van der Waals surface area (Å²) in [6, 6.07) is 5.14. The van der Waals surface area contributed by atoms with Gasteiger partial charge in [-0.1, -0.05) is 12.6 Å². The van der Waals surface area contributed by atoms with Crippen molar-refractivity contribution >= 4 is 29.4 Å². The van der Waals surface area contributed by atoms with Gasteiger partial charge < -0.3 is 35.4 Å². The van der Waals surface area contributed by atoms with Crippen molar-refractivity contribution in [1.29, 1.82) is 0 Å². The van der Waals surface area contributed by atoms with Gasteiger partial charge in [0.1, 0.15) is 47.7 Å². The maximum absolute atomic E-state index is 13.9. The molecule has 6 N–H and O–H groups in total. The first-order chi connectivity index (χ1) is 18.4. The maximum Gasteiger partial charge on any atom is 0.255 e. The summed E-state index contributed by atoms with van der Waals surface area (Å²) in [5, 5.41) is 48.3. The Hall–Kier alpha value is -4.42. The van der Waals surface area contributed by atoms with Crippen molar-refractivity contribution in [2.24, 2.45) is 22.7 Å². The van der Waals surface area contributed by atoms with Crippen LogP contribution >= 0.6 is 0 Å².